The highest BCUT2D eigenvalue weighted by Crippen LogP contribution is 2.57. The summed E-state index contributed by atoms with van der Waals surface area (Å²) in [6.07, 6.45) is -0.176. The van der Waals surface area contributed by atoms with E-state index in [-0.39, 0.29) is 29.0 Å². The number of hydrogen-bond donors (Lipinski definition) is 0. The van der Waals surface area contributed by atoms with Gasteiger partial charge >= 0.3 is 5.97 Å². The maximum atomic E-state index is 14.0. The Bertz CT molecular complexity index is 1500. The Labute approximate surface area is 224 Å². The zero-order valence-electron chi connectivity index (χ0n) is 21.4. The van der Waals surface area contributed by atoms with E-state index >= 15 is 0 Å². The maximum absolute atomic E-state index is 14.0. The zero-order chi connectivity index (χ0) is 27.5. The summed E-state index contributed by atoms with van der Waals surface area (Å²) in [5, 5.41) is 0. The van der Waals surface area contributed by atoms with Gasteiger partial charge in [-0.2, -0.15) is 0 Å². The summed E-state index contributed by atoms with van der Waals surface area (Å²) in [6, 6.07) is 19.7. The number of benzene rings is 3. The minimum absolute atomic E-state index is 0.181. The van der Waals surface area contributed by atoms with E-state index < -0.39 is 52.9 Å². The van der Waals surface area contributed by atoms with Crippen LogP contribution in [0.2, 0.25) is 0 Å². The monoisotopic (exact) mass is 523 g/mol. The molecule has 3 atom stereocenters. The Morgan fingerprint density at radius 2 is 1.46 bits per heavy atom. The van der Waals surface area contributed by atoms with E-state index in [9.17, 15) is 24.0 Å². The van der Waals surface area contributed by atoms with Crippen molar-refractivity contribution in [2.75, 3.05) is 11.5 Å². The van der Waals surface area contributed by atoms with Crippen LogP contribution in [0.25, 0.3) is 0 Å². The number of rotatable bonds is 5. The third kappa shape index (κ3) is 3.44. The van der Waals surface area contributed by atoms with E-state index in [1.807, 2.05) is 31.2 Å². The van der Waals surface area contributed by atoms with Crippen LogP contribution in [0, 0.1) is 11.8 Å². The molecule has 196 valence electrons. The number of carbonyl (C=O) groups is 5. The first-order chi connectivity index (χ1) is 18.8. The largest absolute Gasteiger partial charge is 0.462 e. The number of imide groups is 1. The Morgan fingerprint density at radius 1 is 0.846 bits per heavy atom. The van der Waals surface area contributed by atoms with Crippen molar-refractivity contribution < 1.29 is 33.4 Å². The summed E-state index contributed by atoms with van der Waals surface area (Å²) in [6.45, 7) is 3.92. The minimum atomic E-state index is -2.13. The minimum Gasteiger partial charge on any atom is -0.462 e. The molecule has 2 amide bonds. The molecule has 1 spiro atoms. The van der Waals surface area contributed by atoms with Crippen LogP contribution in [0.4, 0.5) is 5.69 Å². The molecule has 0 aromatic heterocycles. The second-order valence-electron chi connectivity index (χ2n) is 9.86. The molecule has 0 saturated carbocycles. The second-order valence-corrected chi connectivity index (χ2v) is 9.86. The molecule has 2 fully saturated rings. The van der Waals surface area contributed by atoms with E-state index in [0.717, 1.165) is 16.9 Å². The van der Waals surface area contributed by atoms with Crippen LogP contribution in [0.3, 0.4) is 0 Å². The summed E-state index contributed by atoms with van der Waals surface area (Å²) in [5.74, 6) is -5.40. The predicted octanol–water partition coefficient (Wildman–Crippen LogP) is 4.12. The molecule has 2 saturated heterocycles. The molecule has 3 aromatic rings. The molecular formula is C31H25NO7. The number of Topliss-reactive ketones (excluding diaryl/α,β-unsaturated/α-hetero) is 2. The van der Waals surface area contributed by atoms with Crippen LogP contribution in [0.1, 0.15) is 62.2 Å². The highest BCUT2D eigenvalue weighted by molar-refractivity contribution is 6.37. The van der Waals surface area contributed by atoms with Gasteiger partial charge in [0.25, 0.3) is 0 Å². The van der Waals surface area contributed by atoms with Crippen LogP contribution in [0.15, 0.2) is 72.8 Å². The van der Waals surface area contributed by atoms with Crippen LogP contribution in [-0.2, 0) is 25.5 Å². The molecule has 3 aromatic carbocycles. The van der Waals surface area contributed by atoms with Crippen LogP contribution >= 0.6 is 0 Å². The summed E-state index contributed by atoms with van der Waals surface area (Å²) in [5.41, 5.74) is 0.413. The molecule has 6 rings (SSSR count). The van der Waals surface area contributed by atoms with Crippen molar-refractivity contribution in [1.29, 1.82) is 0 Å². The maximum Gasteiger partial charge on any atom is 0.338 e. The number of ketones is 2. The third-order valence-corrected chi connectivity index (χ3v) is 7.87. The number of hydrogen-bond acceptors (Lipinski definition) is 7. The van der Waals surface area contributed by atoms with Gasteiger partial charge in [-0.3, -0.25) is 19.2 Å². The number of fused-ring (bicyclic) bond motifs is 3. The molecule has 2 aliphatic heterocycles. The van der Waals surface area contributed by atoms with Crippen molar-refractivity contribution in [2.45, 2.75) is 32.0 Å². The predicted molar refractivity (Wildman–Crippen MR) is 139 cm³/mol. The molecule has 0 unspecified atom stereocenters. The zero-order valence-corrected chi connectivity index (χ0v) is 21.4. The Kier molecular flexibility index (Phi) is 5.80. The number of nitrogens with zero attached hydrogens (tertiary/aromatic N) is 1. The fourth-order valence-electron chi connectivity index (χ4n) is 5.98. The van der Waals surface area contributed by atoms with Crippen molar-refractivity contribution in [1.82, 2.24) is 0 Å². The number of anilines is 1. The lowest BCUT2D eigenvalue weighted by Crippen LogP contribution is -2.51. The van der Waals surface area contributed by atoms with Crippen LogP contribution < -0.4 is 4.90 Å². The van der Waals surface area contributed by atoms with Gasteiger partial charge in [-0.25, -0.2) is 9.69 Å². The SMILES string of the molecule is CCOC(=O)c1ccc(N2C(=O)[C@@H]3[C@@H](c4ccc(CC)cc4)OC4(C(=O)c5ccccc5C4=O)[C@@H]3C2=O)cc1. The summed E-state index contributed by atoms with van der Waals surface area (Å²) < 4.78 is 11.3. The van der Waals surface area contributed by atoms with Crippen LogP contribution in [0.5, 0.6) is 0 Å². The lowest BCUT2D eigenvalue weighted by molar-refractivity contribution is -0.127. The van der Waals surface area contributed by atoms with Crippen molar-refractivity contribution in [3.63, 3.8) is 0 Å². The Morgan fingerprint density at radius 3 is 2.03 bits per heavy atom. The number of amides is 2. The fraction of sp³-hybridized carbons (Fsp3) is 0.258. The first kappa shape index (κ1) is 24.9. The van der Waals surface area contributed by atoms with Crippen molar-refractivity contribution in [3.05, 3.63) is 101 Å². The third-order valence-electron chi connectivity index (χ3n) is 7.87. The van der Waals surface area contributed by atoms with Crippen molar-refractivity contribution in [2.24, 2.45) is 11.8 Å². The van der Waals surface area contributed by atoms with Gasteiger partial charge in [-0.1, -0.05) is 55.5 Å². The van der Waals surface area contributed by atoms with Crippen LogP contribution in [-0.4, -0.2) is 41.6 Å². The van der Waals surface area contributed by atoms with E-state index in [1.54, 1.807) is 31.2 Å². The van der Waals surface area contributed by atoms with Gasteiger partial charge in [0.05, 0.1) is 35.8 Å². The lowest BCUT2D eigenvalue weighted by atomic mass is 9.77. The topological polar surface area (TPSA) is 107 Å². The molecule has 0 N–H and O–H groups in total. The number of aryl methyl sites for hydroxylation is 1. The van der Waals surface area contributed by atoms with Gasteiger partial charge in [-0.15, -0.1) is 0 Å². The Balaban J connectivity index is 1.46. The molecule has 39 heavy (non-hydrogen) atoms. The van der Waals surface area contributed by atoms with Gasteiger partial charge in [0, 0.05) is 11.1 Å². The van der Waals surface area contributed by atoms with E-state index in [4.69, 9.17) is 9.47 Å². The van der Waals surface area contributed by atoms with E-state index in [2.05, 4.69) is 0 Å². The standard InChI is InChI=1S/C31H25NO7/c1-3-17-9-11-18(12-10-17)25-23-24(31(39-25)26(33)21-7-5-6-8-22(21)27(31)34)29(36)32(28(23)35)20-15-13-19(14-16-20)30(37)38-4-2/h5-16,23-25H,3-4H2,1-2H3/t23-,24-,25+/m0/s1. The molecule has 8 heteroatoms. The van der Waals surface area contributed by atoms with E-state index in [0.29, 0.717) is 5.56 Å². The van der Waals surface area contributed by atoms with E-state index in [1.165, 1.54) is 24.3 Å². The van der Waals surface area contributed by atoms with Crippen molar-refractivity contribution >= 4 is 35.0 Å². The van der Waals surface area contributed by atoms with Gasteiger partial charge in [0.15, 0.2) is 0 Å². The molecule has 2 heterocycles. The van der Waals surface area contributed by atoms with Gasteiger partial charge in [-0.05, 0) is 48.7 Å². The number of carbonyl (C=O) groups excluding carboxylic acids is 5. The van der Waals surface area contributed by atoms with Crippen molar-refractivity contribution in [3.8, 4) is 0 Å². The molecule has 8 nitrogen and oxygen atoms in total. The second kappa shape index (κ2) is 9.10. The smallest absolute Gasteiger partial charge is 0.338 e. The molecule has 1 aliphatic carbocycles. The first-order valence-electron chi connectivity index (χ1n) is 12.9. The fourth-order valence-corrected chi connectivity index (χ4v) is 5.98. The highest BCUT2D eigenvalue weighted by atomic mass is 16.5. The lowest BCUT2D eigenvalue weighted by Gasteiger charge is -2.27. The molecule has 3 aliphatic rings. The normalized spacial score (nSPS) is 22.9. The quantitative estimate of drug-likeness (QED) is 0.281. The number of esters is 1. The van der Waals surface area contributed by atoms with Gasteiger partial charge < -0.3 is 9.47 Å². The van der Waals surface area contributed by atoms with Gasteiger partial charge in [0.1, 0.15) is 0 Å². The average molecular weight is 524 g/mol. The van der Waals surface area contributed by atoms with Gasteiger partial charge in [0.2, 0.25) is 29.0 Å². The average Bonchev–Trinajstić information content (AvgIpc) is 3.53. The first-order valence-corrected chi connectivity index (χ1v) is 12.9. The molecular weight excluding hydrogens is 498 g/mol. The molecule has 0 bridgehead atoms. The summed E-state index contributed by atoms with van der Waals surface area (Å²) in [7, 11) is 0. The summed E-state index contributed by atoms with van der Waals surface area (Å²) in [4.78, 5) is 68.8. The summed E-state index contributed by atoms with van der Waals surface area (Å²) >= 11 is 0. The number of ether oxygens (including phenoxy) is 2. The Hall–Kier alpha value is -4.43. The highest BCUT2D eigenvalue weighted by Gasteiger charge is 2.74. The molecule has 0 radical (unpaired) electrons.